The van der Waals surface area contributed by atoms with E-state index >= 15 is 0 Å². The zero-order chi connectivity index (χ0) is 13.6. The summed E-state index contributed by atoms with van der Waals surface area (Å²) in [5.41, 5.74) is -0.197. The number of ether oxygens (including phenoxy) is 1. The normalized spacial score (nSPS) is 14.6. The Kier molecular flexibility index (Phi) is 6.31. The predicted molar refractivity (Wildman–Crippen MR) is 68.9 cm³/mol. The Morgan fingerprint density at radius 3 is 2.35 bits per heavy atom. The minimum atomic E-state index is -0.530. The molecule has 0 bridgehead atoms. The maximum absolute atomic E-state index is 11.6. The number of amides is 1. The highest BCUT2D eigenvalue weighted by molar-refractivity contribution is 6.21. The lowest BCUT2D eigenvalue weighted by Crippen LogP contribution is -2.41. The molecule has 0 rings (SSSR count). The molecular weight excluding hydrogens is 217 g/mol. The van der Waals surface area contributed by atoms with E-state index in [2.05, 4.69) is 5.32 Å². The Bertz CT molecular complexity index is 282. The van der Waals surface area contributed by atoms with Gasteiger partial charge in [0.1, 0.15) is 13.4 Å². The van der Waals surface area contributed by atoms with Crippen LogP contribution >= 0.6 is 0 Å². The molecule has 0 spiro atoms. The molecule has 5 heteroatoms. The van der Waals surface area contributed by atoms with E-state index in [1.165, 1.54) is 0 Å². The number of rotatable bonds is 4. The Morgan fingerprint density at radius 1 is 1.47 bits per heavy atom. The molecule has 0 aliphatic rings. The van der Waals surface area contributed by atoms with Crippen molar-refractivity contribution in [3.63, 3.8) is 0 Å². The molecule has 0 aliphatic heterocycles. The van der Waals surface area contributed by atoms with E-state index in [1.54, 1.807) is 26.8 Å². The van der Waals surface area contributed by atoms with Crippen LogP contribution in [0.3, 0.4) is 0 Å². The fourth-order valence-corrected chi connectivity index (χ4v) is 1.13. The monoisotopic (exact) mass is 239 g/mol. The van der Waals surface area contributed by atoms with Gasteiger partial charge in [-0.25, -0.2) is 4.79 Å². The van der Waals surface area contributed by atoms with Crippen molar-refractivity contribution < 1.29 is 14.6 Å². The summed E-state index contributed by atoms with van der Waals surface area (Å²) in [5.74, 6) is 0.160. The highest BCUT2D eigenvalue weighted by Crippen LogP contribution is 2.10. The minimum Gasteiger partial charge on any atom is -0.444 e. The van der Waals surface area contributed by atoms with Crippen LogP contribution in [0.15, 0.2) is 11.5 Å². The summed E-state index contributed by atoms with van der Waals surface area (Å²) < 4.78 is 5.15. The van der Waals surface area contributed by atoms with Crippen LogP contribution in [0, 0.1) is 5.92 Å². The quantitative estimate of drug-likeness (QED) is 0.732. The van der Waals surface area contributed by atoms with Crippen LogP contribution < -0.4 is 5.32 Å². The van der Waals surface area contributed by atoms with Crippen LogP contribution in [0.1, 0.15) is 34.6 Å². The molecule has 0 heterocycles. The van der Waals surface area contributed by atoms with Gasteiger partial charge in [0.15, 0.2) is 0 Å². The van der Waals surface area contributed by atoms with Crippen molar-refractivity contribution in [1.29, 1.82) is 0 Å². The van der Waals surface area contributed by atoms with E-state index in [1.807, 2.05) is 13.8 Å². The first-order valence-electron chi connectivity index (χ1n) is 5.72. The summed E-state index contributed by atoms with van der Waals surface area (Å²) in [7, 11) is 5.53. The first kappa shape index (κ1) is 16.0. The molecule has 2 radical (unpaired) electrons. The summed E-state index contributed by atoms with van der Waals surface area (Å²) in [6, 6.07) is -0.253. The van der Waals surface area contributed by atoms with Crippen molar-refractivity contribution >= 4 is 13.9 Å². The van der Waals surface area contributed by atoms with Gasteiger partial charge in [0.05, 0.1) is 12.6 Å². The maximum Gasteiger partial charge on any atom is 0.408 e. The number of alkyl carbamates (subject to hydrolysis) is 1. The molecule has 1 atom stereocenters. The number of nitrogens with one attached hydrogen (secondary N) is 1. The van der Waals surface area contributed by atoms with Crippen LogP contribution in [0.5, 0.6) is 0 Å². The summed E-state index contributed by atoms with van der Waals surface area (Å²) >= 11 is 0. The number of carbonyl (C=O) groups excluding carboxylic acids is 1. The van der Waals surface area contributed by atoms with Crippen molar-refractivity contribution in [2.45, 2.75) is 46.3 Å². The lowest BCUT2D eigenvalue weighted by Gasteiger charge is -2.24. The largest absolute Gasteiger partial charge is 0.444 e. The van der Waals surface area contributed by atoms with Gasteiger partial charge in [0, 0.05) is 0 Å². The fraction of sp³-hybridized carbons (Fsp3) is 0.750. The van der Waals surface area contributed by atoms with Gasteiger partial charge in [0.2, 0.25) is 0 Å². The predicted octanol–water partition coefficient (Wildman–Crippen LogP) is 1.58. The van der Waals surface area contributed by atoms with Gasteiger partial charge in [-0.15, -0.1) is 0 Å². The SMILES string of the molecule is [B]/C(=C\C(NC(=O)OC(C)(C)C)C(C)C)CO. The zero-order valence-electron chi connectivity index (χ0n) is 11.3. The van der Waals surface area contributed by atoms with Crippen molar-refractivity contribution in [1.82, 2.24) is 5.32 Å². The molecule has 4 nitrogen and oxygen atoms in total. The number of aliphatic hydroxyl groups excluding tert-OH is 1. The van der Waals surface area contributed by atoms with Gasteiger partial charge in [-0.1, -0.05) is 25.4 Å². The molecule has 0 aromatic rings. The Labute approximate surface area is 105 Å². The van der Waals surface area contributed by atoms with Crippen molar-refractivity contribution in [3.05, 3.63) is 11.5 Å². The Balaban J connectivity index is 4.52. The second-order valence-corrected chi connectivity index (χ2v) is 5.32. The van der Waals surface area contributed by atoms with E-state index in [0.717, 1.165) is 0 Å². The van der Waals surface area contributed by atoms with Gasteiger partial charge in [-0.05, 0) is 26.7 Å². The summed E-state index contributed by atoms with van der Waals surface area (Å²) in [6.45, 7) is 9.07. The van der Waals surface area contributed by atoms with E-state index in [-0.39, 0.29) is 18.6 Å². The summed E-state index contributed by atoms with van der Waals surface area (Å²) in [4.78, 5) is 11.6. The van der Waals surface area contributed by atoms with Gasteiger partial charge < -0.3 is 15.2 Å². The first-order chi connectivity index (χ1) is 7.65. The Morgan fingerprint density at radius 2 is 2.00 bits per heavy atom. The van der Waals surface area contributed by atoms with Gasteiger partial charge in [0.25, 0.3) is 0 Å². The molecule has 2 N–H and O–H groups in total. The number of aliphatic hydroxyl groups is 1. The van der Waals surface area contributed by atoms with Crippen LogP contribution in [0.25, 0.3) is 0 Å². The number of carbonyl (C=O) groups is 1. The number of hydrogen-bond donors (Lipinski definition) is 2. The first-order valence-corrected chi connectivity index (χ1v) is 5.72. The molecular formula is C12H22BNO3. The van der Waals surface area contributed by atoms with Gasteiger partial charge in [-0.3, -0.25) is 0 Å². The molecule has 0 fully saturated rings. The second kappa shape index (κ2) is 6.69. The lowest BCUT2D eigenvalue weighted by molar-refractivity contribution is 0.0503. The molecule has 1 unspecified atom stereocenters. The summed E-state index contributed by atoms with van der Waals surface area (Å²) in [6.07, 6.45) is 1.15. The molecule has 0 aromatic carbocycles. The molecule has 96 valence electrons. The van der Waals surface area contributed by atoms with E-state index < -0.39 is 11.7 Å². The lowest BCUT2D eigenvalue weighted by atomic mass is 9.91. The minimum absolute atomic E-state index is 0.160. The molecule has 0 aromatic heterocycles. The molecule has 0 aliphatic carbocycles. The molecule has 1 amide bonds. The maximum atomic E-state index is 11.6. The molecule has 0 saturated heterocycles. The van der Waals surface area contributed by atoms with Crippen LogP contribution in [0.4, 0.5) is 4.79 Å². The third-order valence-electron chi connectivity index (χ3n) is 1.98. The average Bonchev–Trinajstić information content (AvgIpc) is 2.13. The van der Waals surface area contributed by atoms with E-state index in [0.29, 0.717) is 5.47 Å². The van der Waals surface area contributed by atoms with Crippen LogP contribution in [0.2, 0.25) is 0 Å². The van der Waals surface area contributed by atoms with Crippen molar-refractivity contribution in [3.8, 4) is 0 Å². The van der Waals surface area contributed by atoms with Crippen molar-refractivity contribution in [2.24, 2.45) is 5.92 Å². The highest BCUT2D eigenvalue weighted by atomic mass is 16.6. The van der Waals surface area contributed by atoms with Crippen molar-refractivity contribution in [2.75, 3.05) is 6.61 Å². The smallest absolute Gasteiger partial charge is 0.408 e. The average molecular weight is 239 g/mol. The highest BCUT2D eigenvalue weighted by Gasteiger charge is 2.20. The fourth-order valence-electron chi connectivity index (χ4n) is 1.13. The van der Waals surface area contributed by atoms with E-state index in [4.69, 9.17) is 17.7 Å². The van der Waals surface area contributed by atoms with Gasteiger partial charge in [-0.2, -0.15) is 0 Å². The second-order valence-electron chi connectivity index (χ2n) is 5.32. The zero-order valence-corrected chi connectivity index (χ0v) is 11.3. The van der Waals surface area contributed by atoms with Crippen LogP contribution in [-0.4, -0.2) is 37.3 Å². The van der Waals surface area contributed by atoms with E-state index in [9.17, 15) is 4.79 Å². The molecule has 17 heavy (non-hydrogen) atoms. The number of hydrogen-bond acceptors (Lipinski definition) is 3. The standard InChI is InChI=1S/C12H22BNO3/c1-8(2)10(6-9(13)7-15)14-11(16)17-12(3,4)5/h6,8,10,15H,7H2,1-5H3,(H,14,16)/b9-6-. The third-order valence-corrected chi connectivity index (χ3v) is 1.98. The summed E-state index contributed by atoms with van der Waals surface area (Å²) in [5, 5.41) is 11.6. The van der Waals surface area contributed by atoms with Crippen LogP contribution in [-0.2, 0) is 4.74 Å². The molecule has 0 saturated carbocycles. The third kappa shape index (κ3) is 7.85. The van der Waals surface area contributed by atoms with Gasteiger partial charge >= 0.3 is 6.09 Å². The topological polar surface area (TPSA) is 58.6 Å². The Hall–Kier alpha value is -0.965.